The fourth-order valence-corrected chi connectivity index (χ4v) is 3.25. The maximum Gasteiger partial charge on any atom is 0.410 e. The van der Waals surface area contributed by atoms with Gasteiger partial charge in [-0.3, -0.25) is 0 Å². The van der Waals surface area contributed by atoms with Crippen molar-refractivity contribution in [2.75, 3.05) is 13.1 Å². The zero-order chi connectivity index (χ0) is 16.8. The summed E-state index contributed by atoms with van der Waals surface area (Å²) in [5.41, 5.74) is 0.111. The average Bonchev–Trinajstić information content (AvgIpc) is 2.85. The maximum atomic E-state index is 13.1. The molecule has 1 aliphatic carbocycles. The number of carbonyl (C=O) groups is 1. The average molecular weight is 324 g/mol. The highest BCUT2D eigenvalue weighted by molar-refractivity contribution is 5.69. The molecule has 3 rings (SSSR count). The molecular formula is C17H22F2N2O2. The largest absolute Gasteiger partial charge is 0.444 e. The minimum absolute atomic E-state index is 0.268. The van der Waals surface area contributed by atoms with Crippen LogP contribution in [0.1, 0.15) is 26.3 Å². The van der Waals surface area contributed by atoms with E-state index in [1.165, 1.54) is 12.1 Å². The number of piperidine rings is 1. The number of benzene rings is 1. The van der Waals surface area contributed by atoms with Crippen LogP contribution in [-0.2, 0) is 11.3 Å². The summed E-state index contributed by atoms with van der Waals surface area (Å²) in [6.45, 7) is 7.33. The molecule has 1 saturated carbocycles. The summed E-state index contributed by atoms with van der Waals surface area (Å²) < 4.78 is 31.7. The third kappa shape index (κ3) is 3.80. The SMILES string of the molecule is CC(C)(C)OC(=O)N1CC2C(C1)C2NCc1cc(F)cc(F)c1. The Balaban J connectivity index is 1.46. The first kappa shape index (κ1) is 16.2. The van der Waals surface area contributed by atoms with E-state index >= 15 is 0 Å². The number of halogens is 2. The van der Waals surface area contributed by atoms with Gasteiger partial charge in [-0.05, 0) is 50.3 Å². The summed E-state index contributed by atoms with van der Waals surface area (Å²) in [6, 6.07) is 3.84. The highest BCUT2D eigenvalue weighted by Crippen LogP contribution is 2.45. The predicted octanol–water partition coefficient (Wildman–Crippen LogP) is 2.92. The molecule has 0 spiro atoms. The molecule has 6 heteroatoms. The summed E-state index contributed by atoms with van der Waals surface area (Å²) in [7, 11) is 0. The smallest absolute Gasteiger partial charge is 0.410 e. The number of ether oxygens (including phenoxy) is 1. The lowest BCUT2D eigenvalue weighted by Gasteiger charge is -2.26. The highest BCUT2D eigenvalue weighted by Gasteiger charge is 2.56. The van der Waals surface area contributed by atoms with Gasteiger partial charge in [-0.15, -0.1) is 0 Å². The van der Waals surface area contributed by atoms with Gasteiger partial charge in [-0.25, -0.2) is 13.6 Å². The number of rotatable bonds is 3. The number of hydrogen-bond donors (Lipinski definition) is 1. The normalized spacial score (nSPS) is 26.1. The van der Waals surface area contributed by atoms with E-state index in [2.05, 4.69) is 5.32 Å². The lowest BCUT2D eigenvalue weighted by atomic mass is 10.2. The van der Waals surface area contributed by atoms with Gasteiger partial charge in [0.15, 0.2) is 0 Å². The van der Waals surface area contributed by atoms with E-state index in [-0.39, 0.29) is 6.09 Å². The van der Waals surface area contributed by atoms with Crippen LogP contribution in [0.4, 0.5) is 13.6 Å². The van der Waals surface area contributed by atoms with Gasteiger partial charge >= 0.3 is 6.09 Å². The Hall–Kier alpha value is -1.69. The van der Waals surface area contributed by atoms with Crippen LogP contribution in [0.5, 0.6) is 0 Å². The van der Waals surface area contributed by atoms with E-state index in [1.54, 1.807) is 4.90 Å². The van der Waals surface area contributed by atoms with Crippen molar-refractivity contribution in [2.24, 2.45) is 11.8 Å². The lowest BCUT2D eigenvalue weighted by molar-refractivity contribution is 0.0269. The van der Waals surface area contributed by atoms with Crippen LogP contribution in [0.3, 0.4) is 0 Å². The number of carbonyl (C=O) groups excluding carboxylic acids is 1. The second kappa shape index (κ2) is 5.74. The molecule has 1 heterocycles. The molecular weight excluding hydrogens is 302 g/mol. The van der Waals surface area contributed by atoms with Crippen LogP contribution in [0.25, 0.3) is 0 Å². The zero-order valence-corrected chi connectivity index (χ0v) is 13.6. The summed E-state index contributed by atoms with van der Waals surface area (Å²) in [5.74, 6) is -0.315. The number of hydrogen-bond acceptors (Lipinski definition) is 3. The standard InChI is InChI=1S/C17H22F2N2O2/c1-17(2,3)23-16(22)21-8-13-14(9-21)15(13)20-7-10-4-11(18)6-12(19)5-10/h4-6,13-15,20H,7-9H2,1-3H3. The predicted molar refractivity (Wildman–Crippen MR) is 81.8 cm³/mol. The molecule has 2 unspecified atom stereocenters. The van der Waals surface area contributed by atoms with Crippen molar-refractivity contribution < 1.29 is 18.3 Å². The number of likely N-dealkylation sites (tertiary alicyclic amines) is 1. The molecule has 4 nitrogen and oxygen atoms in total. The van der Waals surface area contributed by atoms with Crippen molar-refractivity contribution >= 4 is 6.09 Å². The van der Waals surface area contributed by atoms with Crippen molar-refractivity contribution in [1.82, 2.24) is 10.2 Å². The molecule has 0 bridgehead atoms. The van der Waals surface area contributed by atoms with Gasteiger partial charge < -0.3 is 15.0 Å². The Kier molecular flexibility index (Phi) is 4.04. The number of nitrogens with one attached hydrogen (secondary N) is 1. The van der Waals surface area contributed by atoms with E-state index in [0.29, 0.717) is 43.1 Å². The van der Waals surface area contributed by atoms with Crippen molar-refractivity contribution in [3.63, 3.8) is 0 Å². The van der Waals surface area contributed by atoms with Crippen LogP contribution in [0.2, 0.25) is 0 Å². The molecule has 2 atom stereocenters. The first-order valence-corrected chi connectivity index (χ1v) is 7.89. The molecule has 126 valence electrons. The number of nitrogens with zero attached hydrogens (tertiary/aromatic N) is 1. The van der Waals surface area contributed by atoms with Crippen LogP contribution in [0.15, 0.2) is 18.2 Å². The Morgan fingerprint density at radius 2 is 1.78 bits per heavy atom. The molecule has 0 aromatic heterocycles. The molecule has 2 fully saturated rings. The fourth-order valence-electron chi connectivity index (χ4n) is 3.25. The maximum absolute atomic E-state index is 13.1. The van der Waals surface area contributed by atoms with Crippen molar-refractivity contribution in [3.8, 4) is 0 Å². The van der Waals surface area contributed by atoms with Gasteiger partial charge in [0.1, 0.15) is 17.2 Å². The molecule has 0 radical (unpaired) electrons. The van der Waals surface area contributed by atoms with Crippen LogP contribution in [0, 0.1) is 23.5 Å². The second-order valence-electron chi connectivity index (χ2n) is 7.40. The van der Waals surface area contributed by atoms with Crippen LogP contribution < -0.4 is 5.32 Å². The van der Waals surface area contributed by atoms with E-state index in [0.717, 1.165) is 6.07 Å². The number of fused-ring (bicyclic) bond motifs is 1. The fraction of sp³-hybridized carbons (Fsp3) is 0.588. The van der Waals surface area contributed by atoms with Gasteiger partial charge in [0.2, 0.25) is 0 Å². The first-order valence-electron chi connectivity index (χ1n) is 7.89. The Morgan fingerprint density at radius 3 is 2.30 bits per heavy atom. The van der Waals surface area contributed by atoms with Gasteiger partial charge in [0, 0.05) is 31.7 Å². The minimum atomic E-state index is -0.561. The second-order valence-corrected chi connectivity index (χ2v) is 7.40. The van der Waals surface area contributed by atoms with E-state index in [1.807, 2.05) is 20.8 Å². The van der Waals surface area contributed by atoms with Crippen LogP contribution >= 0.6 is 0 Å². The van der Waals surface area contributed by atoms with Gasteiger partial charge in [-0.2, -0.15) is 0 Å². The van der Waals surface area contributed by atoms with Gasteiger partial charge in [-0.1, -0.05) is 0 Å². The molecule has 1 amide bonds. The summed E-state index contributed by atoms with van der Waals surface area (Å²) in [4.78, 5) is 13.7. The monoisotopic (exact) mass is 324 g/mol. The molecule has 23 heavy (non-hydrogen) atoms. The molecule has 1 aliphatic heterocycles. The molecule has 1 saturated heterocycles. The van der Waals surface area contributed by atoms with Gasteiger partial charge in [0.05, 0.1) is 0 Å². The quantitative estimate of drug-likeness (QED) is 0.929. The van der Waals surface area contributed by atoms with Crippen LogP contribution in [-0.4, -0.2) is 35.7 Å². The van der Waals surface area contributed by atoms with Gasteiger partial charge in [0.25, 0.3) is 0 Å². The Bertz CT molecular complexity index is 583. The van der Waals surface area contributed by atoms with Crippen molar-refractivity contribution in [2.45, 2.75) is 39.0 Å². The molecule has 1 aromatic carbocycles. The lowest BCUT2D eigenvalue weighted by Crippen LogP contribution is -2.39. The molecule has 2 aliphatic rings. The molecule has 1 N–H and O–H groups in total. The topological polar surface area (TPSA) is 41.6 Å². The number of amides is 1. The molecule has 1 aromatic rings. The van der Waals surface area contributed by atoms with E-state index < -0.39 is 17.2 Å². The van der Waals surface area contributed by atoms with E-state index in [9.17, 15) is 13.6 Å². The van der Waals surface area contributed by atoms with Crippen molar-refractivity contribution in [3.05, 3.63) is 35.4 Å². The van der Waals surface area contributed by atoms with Crippen molar-refractivity contribution in [1.29, 1.82) is 0 Å². The highest BCUT2D eigenvalue weighted by atomic mass is 19.1. The summed E-state index contributed by atoms with van der Waals surface area (Å²) >= 11 is 0. The Labute approximate surface area is 134 Å². The summed E-state index contributed by atoms with van der Waals surface area (Å²) in [5, 5.41) is 3.32. The zero-order valence-electron chi connectivity index (χ0n) is 13.6. The minimum Gasteiger partial charge on any atom is -0.444 e. The first-order chi connectivity index (χ1) is 10.7. The third-order valence-electron chi connectivity index (χ3n) is 4.31. The van der Waals surface area contributed by atoms with E-state index in [4.69, 9.17) is 4.74 Å². The Morgan fingerprint density at radius 1 is 1.22 bits per heavy atom. The third-order valence-corrected chi connectivity index (χ3v) is 4.31. The summed E-state index contributed by atoms with van der Waals surface area (Å²) in [6.07, 6.45) is -0.268.